The lowest BCUT2D eigenvalue weighted by molar-refractivity contribution is -0.137. The van der Waals surface area contributed by atoms with Crippen LogP contribution in [0.4, 0.5) is 0 Å². The number of carbonyl (C=O) groups is 1. The van der Waals surface area contributed by atoms with Crippen LogP contribution in [-0.2, 0) is 14.6 Å². The second-order valence-corrected chi connectivity index (χ2v) is 6.34. The quantitative estimate of drug-likeness (QED) is 0.853. The molecule has 1 aromatic carbocycles. The molecule has 0 saturated carbocycles. The van der Waals surface area contributed by atoms with Crippen LogP contribution >= 0.6 is 11.6 Å². The molecule has 0 aromatic heterocycles. The van der Waals surface area contributed by atoms with E-state index in [4.69, 9.17) is 22.4 Å². The van der Waals surface area contributed by atoms with Gasteiger partial charge in [-0.15, -0.1) is 0 Å². The Morgan fingerprint density at radius 3 is 2.61 bits per heavy atom. The van der Waals surface area contributed by atoms with E-state index in [2.05, 4.69) is 0 Å². The van der Waals surface area contributed by atoms with Gasteiger partial charge in [-0.25, -0.2) is 8.42 Å². The Hall–Kier alpha value is -1.37. The number of hydrogen-bond donors (Lipinski definition) is 2. The molecule has 0 bridgehead atoms. The van der Waals surface area contributed by atoms with Crippen LogP contribution in [0.1, 0.15) is 12.5 Å². The average molecular weight is 288 g/mol. The van der Waals surface area contributed by atoms with E-state index < -0.39 is 21.8 Å². The van der Waals surface area contributed by atoms with Crippen molar-refractivity contribution in [1.29, 1.82) is 0 Å². The van der Waals surface area contributed by atoms with Gasteiger partial charge in [-0.2, -0.15) is 0 Å². The molecule has 1 aromatic rings. The van der Waals surface area contributed by atoms with E-state index >= 15 is 0 Å². The van der Waals surface area contributed by atoms with E-state index in [1.807, 2.05) is 0 Å². The summed E-state index contributed by atoms with van der Waals surface area (Å²) in [6.07, 6.45) is 0. The fourth-order valence-electron chi connectivity index (χ4n) is 1.99. The maximum atomic E-state index is 12.2. The maximum Gasteiger partial charge on any atom is 0.325 e. The summed E-state index contributed by atoms with van der Waals surface area (Å²) in [5.74, 6) is -1.28. The molecule has 18 heavy (non-hydrogen) atoms. The van der Waals surface area contributed by atoms with Gasteiger partial charge < -0.3 is 10.8 Å². The number of halogens is 1. The largest absolute Gasteiger partial charge is 0.480 e. The molecule has 0 amide bonds. The highest BCUT2D eigenvalue weighted by Crippen LogP contribution is 2.43. The van der Waals surface area contributed by atoms with Crippen molar-refractivity contribution in [1.82, 2.24) is 0 Å². The first-order valence-electron chi connectivity index (χ1n) is 5.01. The monoisotopic (exact) mass is 287 g/mol. The van der Waals surface area contributed by atoms with Crippen molar-refractivity contribution >= 4 is 33.0 Å². The smallest absolute Gasteiger partial charge is 0.325 e. The van der Waals surface area contributed by atoms with Crippen molar-refractivity contribution in [2.45, 2.75) is 17.9 Å². The Morgan fingerprint density at radius 2 is 2.06 bits per heavy atom. The fraction of sp³-hybridized carbons (Fsp3) is 0.182. The lowest BCUT2D eigenvalue weighted by atomic mass is 9.99. The van der Waals surface area contributed by atoms with Crippen LogP contribution in [0.5, 0.6) is 0 Å². The average Bonchev–Trinajstić information content (AvgIpc) is 2.47. The minimum atomic E-state index is -3.74. The number of nitrogens with two attached hydrogens (primary N) is 1. The van der Waals surface area contributed by atoms with Crippen molar-refractivity contribution in [3.63, 3.8) is 0 Å². The third-order valence-electron chi connectivity index (χ3n) is 2.89. The molecule has 0 aliphatic carbocycles. The minimum absolute atomic E-state index is 0.0551. The Balaban J connectivity index is 2.82. The van der Waals surface area contributed by atoms with Crippen LogP contribution in [0.3, 0.4) is 0 Å². The number of carboxylic acid groups (broad SMARTS) is 1. The third kappa shape index (κ3) is 1.65. The van der Waals surface area contributed by atoms with E-state index in [9.17, 15) is 13.2 Å². The summed E-state index contributed by atoms with van der Waals surface area (Å²) in [5, 5.41) is 9.01. The van der Waals surface area contributed by atoms with Gasteiger partial charge >= 0.3 is 5.97 Å². The van der Waals surface area contributed by atoms with E-state index in [0.717, 1.165) is 0 Å². The van der Waals surface area contributed by atoms with Crippen molar-refractivity contribution < 1.29 is 18.3 Å². The van der Waals surface area contributed by atoms with Gasteiger partial charge in [-0.1, -0.05) is 23.7 Å². The molecule has 0 fully saturated rings. The fourth-order valence-corrected chi connectivity index (χ4v) is 4.10. The van der Waals surface area contributed by atoms with Gasteiger partial charge in [-0.3, -0.25) is 4.79 Å². The van der Waals surface area contributed by atoms with Gasteiger partial charge in [0.15, 0.2) is 0 Å². The summed E-state index contributed by atoms with van der Waals surface area (Å²) in [6.45, 7) is 1.34. The zero-order valence-corrected chi connectivity index (χ0v) is 10.9. The Bertz CT molecular complexity index is 678. The molecule has 0 spiro atoms. The lowest BCUT2D eigenvalue weighted by Crippen LogP contribution is -2.31. The van der Waals surface area contributed by atoms with Crippen molar-refractivity contribution in [2.75, 3.05) is 0 Å². The second-order valence-electron chi connectivity index (χ2n) is 3.91. The summed E-state index contributed by atoms with van der Waals surface area (Å²) in [6, 6.07) is 3.12. The van der Waals surface area contributed by atoms with E-state index in [0.29, 0.717) is 0 Å². The summed E-state index contributed by atoms with van der Waals surface area (Å²) in [7, 11) is -3.74. The molecule has 7 heteroatoms. The third-order valence-corrected chi connectivity index (χ3v) is 5.32. The van der Waals surface area contributed by atoms with Gasteiger partial charge in [0.05, 0.1) is 14.8 Å². The van der Waals surface area contributed by atoms with E-state index in [1.165, 1.54) is 19.1 Å². The molecule has 1 heterocycles. The predicted octanol–water partition coefficient (Wildman–Crippen LogP) is 1.27. The van der Waals surface area contributed by atoms with Crippen molar-refractivity contribution in [3.05, 3.63) is 33.7 Å². The van der Waals surface area contributed by atoms with Crippen LogP contribution in [0.2, 0.25) is 5.02 Å². The molecule has 1 aliphatic rings. The maximum absolute atomic E-state index is 12.2. The zero-order chi connectivity index (χ0) is 13.7. The molecular weight excluding hydrogens is 278 g/mol. The second kappa shape index (κ2) is 4.08. The molecule has 96 valence electrons. The normalized spacial score (nSPS) is 18.6. The first kappa shape index (κ1) is 13.1. The zero-order valence-electron chi connectivity index (χ0n) is 9.34. The molecule has 1 atom stereocenters. The number of fused-ring (bicyclic) bond motifs is 1. The number of hydrogen-bond acceptors (Lipinski definition) is 4. The van der Waals surface area contributed by atoms with Crippen LogP contribution in [0.15, 0.2) is 28.0 Å². The number of allylic oxidation sites excluding steroid dienone is 1. The molecule has 2 rings (SSSR count). The molecule has 1 unspecified atom stereocenters. The number of aliphatic carboxylic acids is 1. The number of rotatable bonds is 2. The van der Waals surface area contributed by atoms with Gasteiger partial charge in [0.2, 0.25) is 9.84 Å². The van der Waals surface area contributed by atoms with Crippen LogP contribution in [0.25, 0.3) is 5.57 Å². The topological polar surface area (TPSA) is 97.5 Å². The van der Waals surface area contributed by atoms with Crippen molar-refractivity contribution in [2.24, 2.45) is 5.73 Å². The minimum Gasteiger partial charge on any atom is -0.480 e. The lowest BCUT2D eigenvalue weighted by Gasteiger charge is -2.09. The highest BCUT2D eigenvalue weighted by Gasteiger charge is 2.38. The molecule has 0 radical (unpaired) electrons. The van der Waals surface area contributed by atoms with Gasteiger partial charge in [-0.05, 0) is 13.0 Å². The number of benzene rings is 1. The molecule has 3 N–H and O–H groups in total. The summed E-state index contributed by atoms with van der Waals surface area (Å²) in [4.78, 5) is 10.8. The Kier molecular flexibility index (Phi) is 2.96. The summed E-state index contributed by atoms with van der Waals surface area (Å²) in [5.41, 5.74) is 5.90. The summed E-state index contributed by atoms with van der Waals surface area (Å²) < 4.78 is 24.3. The van der Waals surface area contributed by atoms with Crippen LogP contribution < -0.4 is 5.73 Å². The van der Waals surface area contributed by atoms with Gasteiger partial charge in [0, 0.05) is 11.1 Å². The number of sulfone groups is 1. The predicted molar refractivity (Wildman–Crippen MR) is 66.8 cm³/mol. The SMILES string of the molecule is CC1=C(C(N)C(=O)O)c2cccc(Cl)c2S1(=O)=O. The molecule has 0 saturated heterocycles. The number of carboxylic acids is 1. The molecule has 5 nitrogen and oxygen atoms in total. The first-order chi connectivity index (χ1) is 8.28. The van der Waals surface area contributed by atoms with Crippen LogP contribution in [0, 0.1) is 0 Å². The summed E-state index contributed by atoms with van der Waals surface area (Å²) >= 11 is 5.87. The standard InChI is InChI=1S/C11H10ClNO4S/c1-5-8(9(13)11(14)15)6-3-2-4-7(12)10(6)18(5,16)17/h2-4,9H,13H2,1H3,(H,14,15). The van der Waals surface area contributed by atoms with Gasteiger partial charge in [0.25, 0.3) is 0 Å². The highest BCUT2D eigenvalue weighted by molar-refractivity contribution is 7.96. The van der Waals surface area contributed by atoms with E-state index in [1.54, 1.807) is 6.07 Å². The van der Waals surface area contributed by atoms with Gasteiger partial charge in [0.1, 0.15) is 6.04 Å². The van der Waals surface area contributed by atoms with Crippen molar-refractivity contribution in [3.8, 4) is 0 Å². The first-order valence-corrected chi connectivity index (χ1v) is 6.87. The Morgan fingerprint density at radius 1 is 1.44 bits per heavy atom. The molecule has 1 aliphatic heterocycles. The molecular formula is C11H10ClNO4S. The van der Waals surface area contributed by atoms with E-state index in [-0.39, 0.29) is 26.0 Å². The Labute approximate surface area is 109 Å². The highest BCUT2D eigenvalue weighted by atomic mass is 35.5. The van der Waals surface area contributed by atoms with Crippen LogP contribution in [-0.4, -0.2) is 25.5 Å².